The van der Waals surface area contributed by atoms with Crippen LogP contribution in [0.1, 0.15) is 36.9 Å². The molecular formula is C25H29FN2O4. The number of Topliss-reactive ketones (excluding diaryl/α,β-unsaturated/α-hetero) is 1. The van der Waals surface area contributed by atoms with Gasteiger partial charge in [0.2, 0.25) is 0 Å². The number of aliphatic hydroxyl groups excluding tert-OH is 1. The minimum absolute atomic E-state index is 0.00804. The topological polar surface area (TPSA) is 70.1 Å². The number of aliphatic hydroxyl groups is 1. The van der Waals surface area contributed by atoms with E-state index < -0.39 is 23.5 Å². The Morgan fingerprint density at radius 1 is 1.09 bits per heavy atom. The molecule has 1 atom stereocenters. The van der Waals surface area contributed by atoms with Gasteiger partial charge in [0, 0.05) is 12.1 Å². The smallest absolute Gasteiger partial charge is 0.295 e. The summed E-state index contributed by atoms with van der Waals surface area (Å²) in [6, 6.07) is 11.6. The molecule has 1 amide bonds. The Kier molecular flexibility index (Phi) is 7.64. The van der Waals surface area contributed by atoms with Gasteiger partial charge < -0.3 is 19.6 Å². The molecule has 2 aromatic rings. The van der Waals surface area contributed by atoms with Gasteiger partial charge in [-0.05, 0) is 75.4 Å². The second-order valence-electron chi connectivity index (χ2n) is 8.07. The summed E-state index contributed by atoms with van der Waals surface area (Å²) in [5, 5.41) is 11.0. The number of likely N-dealkylation sites (tertiary alicyclic amines) is 1. The van der Waals surface area contributed by atoms with Crippen LogP contribution in [0.2, 0.25) is 0 Å². The number of rotatable bonds is 9. The molecule has 0 aliphatic carbocycles. The van der Waals surface area contributed by atoms with E-state index in [0.29, 0.717) is 36.4 Å². The summed E-state index contributed by atoms with van der Waals surface area (Å²) in [6.45, 7) is 3.66. The van der Waals surface area contributed by atoms with Crippen molar-refractivity contribution in [2.45, 2.75) is 25.8 Å². The first-order chi connectivity index (χ1) is 15.3. The molecule has 0 unspecified atom stereocenters. The zero-order valence-electron chi connectivity index (χ0n) is 18.7. The highest BCUT2D eigenvalue weighted by molar-refractivity contribution is 6.46. The zero-order chi connectivity index (χ0) is 23.3. The number of carbonyl (C=O) groups excluding carboxylic acids is 2. The minimum atomic E-state index is -0.784. The van der Waals surface area contributed by atoms with Crippen molar-refractivity contribution in [2.24, 2.45) is 0 Å². The number of hydrogen-bond donors (Lipinski definition) is 1. The fourth-order valence-corrected chi connectivity index (χ4v) is 3.74. The first-order valence-electron chi connectivity index (χ1n) is 10.7. The van der Waals surface area contributed by atoms with Crippen LogP contribution in [0.25, 0.3) is 5.76 Å². The third-order valence-corrected chi connectivity index (χ3v) is 5.33. The lowest BCUT2D eigenvalue weighted by molar-refractivity contribution is -0.139. The zero-order valence-corrected chi connectivity index (χ0v) is 18.7. The van der Waals surface area contributed by atoms with Gasteiger partial charge in [0.25, 0.3) is 11.7 Å². The summed E-state index contributed by atoms with van der Waals surface area (Å²) in [5.41, 5.74) is 0.987. The molecule has 0 bridgehead atoms. The maximum atomic E-state index is 13.5. The van der Waals surface area contributed by atoms with Crippen LogP contribution in [0.3, 0.4) is 0 Å². The van der Waals surface area contributed by atoms with Gasteiger partial charge in [-0.25, -0.2) is 4.39 Å². The Bertz CT molecular complexity index is 984. The second kappa shape index (κ2) is 10.4. The number of nitrogens with zero attached hydrogens (tertiary/aromatic N) is 2. The molecule has 1 fully saturated rings. The third kappa shape index (κ3) is 5.16. The highest BCUT2D eigenvalue weighted by atomic mass is 19.1. The van der Waals surface area contributed by atoms with E-state index in [4.69, 9.17) is 4.74 Å². The normalized spacial score (nSPS) is 17.9. The molecule has 0 spiro atoms. The number of ether oxygens (including phenoxy) is 1. The van der Waals surface area contributed by atoms with E-state index in [9.17, 15) is 19.1 Å². The molecule has 0 aromatic heterocycles. The van der Waals surface area contributed by atoms with Crippen molar-refractivity contribution in [2.75, 3.05) is 33.8 Å². The standard InChI is InChI=1S/C25H29FN2O4/c1-4-16-32-20-12-8-18(9-13-20)23(29)21-22(17-6-10-19(26)11-7-17)28(25(31)24(21)30)15-5-14-27(2)3/h6-13,22,29H,4-5,14-16H2,1-3H3/b23-21+/t22-/m0/s1. The van der Waals surface area contributed by atoms with E-state index in [2.05, 4.69) is 0 Å². The van der Waals surface area contributed by atoms with Gasteiger partial charge in [-0.2, -0.15) is 0 Å². The lowest BCUT2D eigenvalue weighted by Crippen LogP contribution is -2.32. The average molecular weight is 441 g/mol. The molecule has 3 rings (SSSR count). The Balaban J connectivity index is 2.01. The Labute approximate surface area is 187 Å². The molecule has 1 heterocycles. The quantitative estimate of drug-likeness (QED) is 0.363. The van der Waals surface area contributed by atoms with Crippen molar-refractivity contribution >= 4 is 17.4 Å². The summed E-state index contributed by atoms with van der Waals surface area (Å²) in [4.78, 5) is 29.3. The average Bonchev–Trinajstić information content (AvgIpc) is 3.03. The summed E-state index contributed by atoms with van der Waals surface area (Å²) in [7, 11) is 3.86. The number of benzene rings is 2. The number of amides is 1. The minimum Gasteiger partial charge on any atom is -0.507 e. The fraction of sp³-hybridized carbons (Fsp3) is 0.360. The third-order valence-electron chi connectivity index (χ3n) is 5.33. The predicted octanol–water partition coefficient (Wildman–Crippen LogP) is 3.99. The lowest BCUT2D eigenvalue weighted by atomic mass is 9.95. The van der Waals surface area contributed by atoms with Crippen LogP contribution >= 0.6 is 0 Å². The fourth-order valence-electron chi connectivity index (χ4n) is 3.74. The van der Waals surface area contributed by atoms with Crippen LogP contribution in [0.15, 0.2) is 54.1 Å². The highest BCUT2D eigenvalue weighted by Gasteiger charge is 2.45. The monoisotopic (exact) mass is 440 g/mol. The Morgan fingerprint density at radius 2 is 1.75 bits per heavy atom. The summed E-state index contributed by atoms with van der Waals surface area (Å²) in [5.74, 6) is -1.42. The van der Waals surface area contributed by atoms with Gasteiger partial charge in [0.15, 0.2) is 0 Å². The summed E-state index contributed by atoms with van der Waals surface area (Å²) >= 11 is 0. The summed E-state index contributed by atoms with van der Waals surface area (Å²) < 4.78 is 19.1. The van der Waals surface area contributed by atoms with Gasteiger partial charge >= 0.3 is 0 Å². The van der Waals surface area contributed by atoms with Crippen molar-refractivity contribution in [3.05, 3.63) is 71.0 Å². The molecule has 6 nitrogen and oxygen atoms in total. The SMILES string of the molecule is CCCOc1ccc(/C(O)=C2\C(=O)C(=O)N(CCCN(C)C)[C@H]2c2ccc(F)cc2)cc1. The number of hydrogen-bond acceptors (Lipinski definition) is 5. The Hall–Kier alpha value is -3.19. The molecule has 0 radical (unpaired) electrons. The molecule has 0 saturated carbocycles. The molecule has 1 aliphatic heterocycles. The van der Waals surface area contributed by atoms with Crippen LogP contribution in [-0.2, 0) is 9.59 Å². The first-order valence-corrected chi connectivity index (χ1v) is 10.7. The van der Waals surface area contributed by atoms with Crippen LogP contribution < -0.4 is 4.74 Å². The maximum absolute atomic E-state index is 13.5. The number of carbonyl (C=O) groups is 2. The predicted molar refractivity (Wildman–Crippen MR) is 121 cm³/mol. The van der Waals surface area contributed by atoms with E-state index >= 15 is 0 Å². The molecular weight excluding hydrogens is 411 g/mol. The van der Waals surface area contributed by atoms with Crippen molar-refractivity contribution in [3.8, 4) is 5.75 Å². The molecule has 170 valence electrons. The van der Waals surface area contributed by atoms with Crippen LogP contribution in [-0.4, -0.2) is 60.4 Å². The van der Waals surface area contributed by atoms with Crippen molar-refractivity contribution in [1.29, 1.82) is 0 Å². The largest absolute Gasteiger partial charge is 0.507 e. The van der Waals surface area contributed by atoms with Gasteiger partial charge in [0.05, 0.1) is 18.2 Å². The number of halogens is 1. The van der Waals surface area contributed by atoms with E-state index in [1.807, 2.05) is 25.9 Å². The Morgan fingerprint density at radius 3 is 2.34 bits per heavy atom. The van der Waals surface area contributed by atoms with E-state index in [1.54, 1.807) is 36.4 Å². The van der Waals surface area contributed by atoms with Gasteiger partial charge in [-0.3, -0.25) is 9.59 Å². The van der Waals surface area contributed by atoms with Gasteiger partial charge in [0.1, 0.15) is 17.3 Å². The molecule has 1 saturated heterocycles. The second-order valence-corrected chi connectivity index (χ2v) is 8.07. The summed E-state index contributed by atoms with van der Waals surface area (Å²) in [6.07, 6.45) is 1.53. The van der Waals surface area contributed by atoms with E-state index in [0.717, 1.165) is 13.0 Å². The molecule has 1 aliphatic rings. The maximum Gasteiger partial charge on any atom is 0.295 e. The number of ketones is 1. The van der Waals surface area contributed by atoms with E-state index in [-0.39, 0.29) is 11.3 Å². The molecule has 7 heteroatoms. The van der Waals surface area contributed by atoms with Crippen molar-refractivity contribution in [1.82, 2.24) is 9.80 Å². The van der Waals surface area contributed by atoms with Crippen LogP contribution in [0.5, 0.6) is 5.75 Å². The molecule has 2 aromatic carbocycles. The molecule has 1 N–H and O–H groups in total. The highest BCUT2D eigenvalue weighted by Crippen LogP contribution is 2.39. The van der Waals surface area contributed by atoms with Crippen LogP contribution in [0, 0.1) is 5.82 Å². The van der Waals surface area contributed by atoms with E-state index in [1.165, 1.54) is 17.0 Å². The molecule has 32 heavy (non-hydrogen) atoms. The van der Waals surface area contributed by atoms with Crippen LogP contribution in [0.4, 0.5) is 4.39 Å². The lowest BCUT2D eigenvalue weighted by Gasteiger charge is -2.26. The van der Waals surface area contributed by atoms with Gasteiger partial charge in [-0.1, -0.05) is 19.1 Å². The van der Waals surface area contributed by atoms with Gasteiger partial charge in [-0.15, -0.1) is 0 Å². The first kappa shape index (κ1) is 23.5. The van der Waals surface area contributed by atoms with Crippen molar-refractivity contribution in [3.63, 3.8) is 0 Å². The van der Waals surface area contributed by atoms with Crippen molar-refractivity contribution < 1.29 is 23.8 Å².